The Kier molecular flexibility index (Phi) is 6.13. The van der Waals surface area contributed by atoms with E-state index in [9.17, 15) is 13.2 Å². The predicted octanol–water partition coefficient (Wildman–Crippen LogP) is 2.51. The van der Waals surface area contributed by atoms with Gasteiger partial charge in [0.15, 0.2) is 0 Å². The second-order valence-corrected chi connectivity index (χ2v) is 11.7. The largest absolute Gasteiger partial charge is 0.453 e. The number of nitrogens with one attached hydrogen (secondary N) is 1. The molecule has 1 aromatic rings. The van der Waals surface area contributed by atoms with Crippen molar-refractivity contribution in [3.63, 3.8) is 0 Å². The molecule has 0 spiro atoms. The molecule has 0 unspecified atom stereocenters. The van der Waals surface area contributed by atoms with Crippen LogP contribution in [0.15, 0.2) is 11.6 Å². The maximum atomic E-state index is 12.3. The predicted molar refractivity (Wildman–Crippen MR) is 114 cm³/mol. The first-order chi connectivity index (χ1) is 14.2. The topological polar surface area (TPSA) is 97.8 Å². The van der Waals surface area contributed by atoms with Gasteiger partial charge in [0, 0.05) is 29.1 Å². The Hall–Kier alpha value is -1.23. The lowest BCUT2D eigenvalue weighted by molar-refractivity contribution is -0.0612. The summed E-state index contributed by atoms with van der Waals surface area (Å²) in [7, 11) is -2.05. The van der Waals surface area contributed by atoms with E-state index in [0.29, 0.717) is 18.9 Å². The SMILES string of the molecule is COC(=O)N1[C@H](C)C[C@H](NS(C)(=O)=O)[C@@H]1CO[C@@H]1CC[C@]2(c3nccs3)CC[C@@H]2C1. The summed E-state index contributed by atoms with van der Waals surface area (Å²) in [6.45, 7) is 2.21. The fraction of sp³-hybridized carbons (Fsp3) is 0.800. The van der Waals surface area contributed by atoms with E-state index < -0.39 is 16.1 Å². The molecule has 2 saturated carbocycles. The van der Waals surface area contributed by atoms with Gasteiger partial charge in [-0.1, -0.05) is 0 Å². The number of hydrogen-bond acceptors (Lipinski definition) is 7. The van der Waals surface area contributed by atoms with Crippen molar-refractivity contribution >= 4 is 27.5 Å². The number of sulfonamides is 1. The van der Waals surface area contributed by atoms with Gasteiger partial charge in [-0.25, -0.2) is 22.9 Å². The Labute approximate surface area is 182 Å². The number of ether oxygens (including phenoxy) is 2. The summed E-state index contributed by atoms with van der Waals surface area (Å²) in [4.78, 5) is 18.6. The van der Waals surface area contributed by atoms with Gasteiger partial charge in [0.05, 0.1) is 37.1 Å². The van der Waals surface area contributed by atoms with Gasteiger partial charge >= 0.3 is 6.09 Å². The number of carbonyl (C=O) groups excluding carboxylic acids is 1. The molecule has 1 amide bonds. The minimum Gasteiger partial charge on any atom is -0.453 e. The molecule has 4 rings (SSSR count). The van der Waals surface area contributed by atoms with Crippen LogP contribution in [0.25, 0.3) is 0 Å². The quantitative estimate of drug-likeness (QED) is 0.705. The molecule has 2 heterocycles. The summed E-state index contributed by atoms with van der Waals surface area (Å²) >= 11 is 1.75. The highest BCUT2D eigenvalue weighted by Crippen LogP contribution is 2.57. The van der Waals surface area contributed by atoms with E-state index in [1.165, 1.54) is 25.0 Å². The van der Waals surface area contributed by atoms with Crippen molar-refractivity contribution in [1.82, 2.24) is 14.6 Å². The van der Waals surface area contributed by atoms with E-state index in [2.05, 4.69) is 15.1 Å². The van der Waals surface area contributed by atoms with Gasteiger partial charge in [0.25, 0.3) is 0 Å². The third kappa shape index (κ3) is 4.11. The molecule has 2 aliphatic carbocycles. The van der Waals surface area contributed by atoms with E-state index in [0.717, 1.165) is 25.5 Å². The zero-order valence-corrected chi connectivity index (χ0v) is 19.4. The third-order valence-electron chi connectivity index (χ3n) is 7.18. The standard InChI is InChI=1S/C20H31N3O5S2/c1-13-10-16(22-30(3,25)26)17(23(13)19(24)27-2)12-28-15-5-7-20(6-4-14(20)11-15)18-21-8-9-29-18/h8-9,13-17,22H,4-7,10-12H2,1-3H3/t13-,14-,15-,16+,17+,20-/m1/s1. The number of fused-ring (bicyclic) bond motifs is 1. The Balaban J connectivity index is 1.41. The monoisotopic (exact) mass is 457 g/mol. The van der Waals surface area contributed by atoms with Gasteiger partial charge in [-0.3, -0.25) is 4.90 Å². The summed E-state index contributed by atoms with van der Waals surface area (Å²) in [5.74, 6) is 0.589. The molecular formula is C20H31N3O5S2. The van der Waals surface area contributed by atoms with E-state index in [-0.39, 0.29) is 29.6 Å². The van der Waals surface area contributed by atoms with Crippen molar-refractivity contribution in [3.8, 4) is 0 Å². The number of amides is 1. The van der Waals surface area contributed by atoms with Crippen LogP contribution in [0.2, 0.25) is 0 Å². The van der Waals surface area contributed by atoms with Crippen molar-refractivity contribution < 1.29 is 22.7 Å². The van der Waals surface area contributed by atoms with E-state index >= 15 is 0 Å². The molecule has 0 radical (unpaired) electrons. The minimum absolute atomic E-state index is 0.123. The number of hydrogen-bond donors (Lipinski definition) is 1. The number of aromatic nitrogens is 1. The van der Waals surface area contributed by atoms with Gasteiger partial charge in [-0.05, 0) is 51.4 Å². The average Bonchev–Trinajstić information content (AvgIpc) is 3.28. The number of carbonyl (C=O) groups is 1. The second-order valence-electron chi connectivity index (χ2n) is 8.98. The number of rotatable bonds is 6. The molecule has 10 heteroatoms. The lowest BCUT2D eigenvalue weighted by Crippen LogP contribution is -2.52. The average molecular weight is 458 g/mol. The van der Waals surface area contributed by atoms with Crippen LogP contribution < -0.4 is 4.72 Å². The van der Waals surface area contributed by atoms with E-state index in [1.807, 2.05) is 13.1 Å². The van der Waals surface area contributed by atoms with E-state index in [4.69, 9.17) is 9.47 Å². The molecule has 1 N–H and O–H groups in total. The molecule has 3 aliphatic rings. The Morgan fingerprint density at radius 2 is 2.13 bits per heavy atom. The molecule has 168 valence electrons. The highest BCUT2D eigenvalue weighted by molar-refractivity contribution is 7.88. The summed E-state index contributed by atoms with van der Waals surface area (Å²) < 4.78 is 37.6. The van der Waals surface area contributed by atoms with Crippen LogP contribution >= 0.6 is 11.3 Å². The summed E-state index contributed by atoms with van der Waals surface area (Å²) in [6.07, 6.45) is 8.68. The molecule has 8 nitrogen and oxygen atoms in total. The Bertz CT molecular complexity index is 862. The highest BCUT2D eigenvalue weighted by atomic mass is 32.2. The normalized spacial score (nSPS) is 36.2. The Morgan fingerprint density at radius 3 is 2.70 bits per heavy atom. The third-order valence-corrected chi connectivity index (χ3v) is 8.91. The molecule has 0 aromatic carbocycles. The molecular weight excluding hydrogens is 426 g/mol. The van der Waals surface area contributed by atoms with Crippen LogP contribution in [-0.2, 0) is 24.9 Å². The number of methoxy groups -OCH3 is 1. The number of nitrogens with zero attached hydrogens (tertiary/aromatic N) is 2. The van der Waals surface area contributed by atoms with Crippen LogP contribution in [0.1, 0.15) is 50.5 Å². The maximum Gasteiger partial charge on any atom is 0.410 e. The minimum atomic E-state index is -3.39. The van der Waals surface area contributed by atoms with Crippen molar-refractivity contribution in [1.29, 1.82) is 0 Å². The summed E-state index contributed by atoms with van der Waals surface area (Å²) in [5, 5.41) is 3.32. The lowest BCUT2D eigenvalue weighted by atomic mass is 9.53. The van der Waals surface area contributed by atoms with Crippen LogP contribution in [0.5, 0.6) is 0 Å². The molecule has 0 bridgehead atoms. The number of likely N-dealkylation sites (tertiary alicyclic amines) is 1. The van der Waals surface area contributed by atoms with Crippen LogP contribution in [0, 0.1) is 5.92 Å². The lowest BCUT2D eigenvalue weighted by Gasteiger charge is -2.53. The molecule has 6 atom stereocenters. The maximum absolute atomic E-state index is 12.3. The van der Waals surface area contributed by atoms with Gasteiger partial charge in [0.2, 0.25) is 10.0 Å². The van der Waals surface area contributed by atoms with Crippen molar-refractivity contribution in [2.24, 2.45) is 5.92 Å². The highest BCUT2D eigenvalue weighted by Gasteiger charge is 2.53. The summed E-state index contributed by atoms with van der Waals surface area (Å²) in [6, 6.07) is -0.883. The van der Waals surface area contributed by atoms with Crippen molar-refractivity contribution in [2.45, 2.75) is 75.1 Å². The van der Waals surface area contributed by atoms with Gasteiger partial charge in [0.1, 0.15) is 0 Å². The smallest absolute Gasteiger partial charge is 0.410 e. The van der Waals surface area contributed by atoms with Crippen LogP contribution in [0.3, 0.4) is 0 Å². The molecule has 1 saturated heterocycles. The molecule has 1 aromatic heterocycles. The zero-order chi connectivity index (χ0) is 21.5. The van der Waals surface area contributed by atoms with Gasteiger partial charge < -0.3 is 9.47 Å². The van der Waals surface area contributed by atoms with E-state index in [1.54, 1.807) is 16.2 Å². The zero-order valence-electron chi connectivity index (χ0n) is 17.7. The fourth-order valence-corrected chi connectivity index (χ4v) is 7.43. The second kappa shape index (κ2) is 8.37. The first-order valence-corrected chi connectivity index (χ1v) is 13.4. The fourth-order valence-electron chi connectivity index (χ4n) is 5.64. The summed E-state index contributed by atoms with van der Waals surface area (Å²) in [5.41, 5.74) is 0.230. The van der Waals surface area contributed by atoms with Crippen molar-refractivity contribution in [3.05, 3.63) is 16.6 Å². The Morgan fingerprint density at radius 1 is 1.37 bits per heavy atom. The van der Waals surface area contributed by atoms with Crippen LogP contribution in [-0.4, -0.2) is 68.6 Å². The first kappa shape index (κ1) is 22.0. The van der Waals surface area contributed by atoms with Crippen LogP contribution in [0.4, 0.5) is 4.79 Å². The first-order valence-electron chi connectivity index (χ1n) is 10.6. The van der Waals surface area contributed by atoms with Gasteiger partial charge in [-0.2, -0.15) is 0 Å². The molecule has 30 heavy (non-hydrogen) atoms. The van der Waals surface area contributed by atoms with Crippen molar-refractivity contribution in [2.75, 3.05) is 20.0 Å². The molecule has 1 aliphatic heterocycles. The number of thiazole rings is 1. The molecule has 3 fully saturated rings. The van der Waals surface area contributed by atoms with Gasteiger partial charge in [-0.15, -0.1) is 11.3 Å².